The molecular weight excluding hydrogens is 603 g/mol. The van der Waals surface area contributed by atoms with Gasteiger partial charge in [-0.05, 0) is 49.6 Å². The number of nitrogens with two attached hydrogens (primary N) is 1. The van der Waals surface area contributed by atoms with Crippen molar-refractivity contribution < 1.29 is 28.5 Å². The fourth-order valence-electron chi connectivity index (χ4n) is 4.81. The van der Waals surface area contributed by atoms with Crippen LogP contribution in [-0.2, 0) is 19.6 Å². The van der Waals surface area contributed by atoms with E-state index in [1.165, 1.54) is 44.9 Å². The van der Waals surface area contributed by atoms with Gasteiger partial charge in [0.2, 0.25) is 5.52 Å². The number of para-hydroxylation sites is 2. The smallest absolute Gasteiger partial charge is 0.213 e. The molecule has 198 valence electrons. The van der Waals surface area contributed by atoms with Crippen LogP contribution >= 0.6 is 11.8 Å². The maximum absolute atomic E-state index is 5.62. The maximum atomic E-state index is 5.62. The van der Waals surface area contributed by atoms with Crippen LogP contribution in [0.25, 0.3) is 17.0 Å². The molecule has 8 heteroatoms. The average molecular weight is 639 g/mol. The molecule has 0 fully saturated rings. The normalized spacial score (nSPS) is 13.9. The van der Waals surface area contributed by atoms with Crippen LogP contribution in [0.5, 0.6) is 0 Å². The average Bonchev–Trinajstić information content (AvgIpc) is 3.55. The molecule has 0 saturated carbocycles. The summed E-state index contributed by atoms with van der Waals surface area (Å²) in [5.41, 5.74) is 10.3. The fraction of sp³-hybridized carbons (Fsp3) is 0.300. The van der Waals surface area contributed by atoms with Crippen LogP contribution in [-0.4, -0.2) is 21.5 Å². The maximum Gasteiger partial charge on any atom is 0.213 e. The summed E-state index contributed by atoms with van der Waals surface area (Å²) in [5.74, 6) is 0. The van der Waals surface area contributed by atoms with E-state index in [-0.39, 0.29) is 24.0 Å². The standard InChI is InChI=1S/C30H35N6S.HI/c1-2-34-21-18-24(26-13-5-6-14-27(26)34)12-11-17-30-36(28-15-7-8-16-29(28)37-30)20-10-4-3-9-19-35-23-25(22-31)32-33-35;/h5-8,11-18,21,23H,2-4,9-10,19-20,22,31H2,1H3;1H/q+1;/p-1. The first-order valence-corrected chi connectivity index (χ1v) is 14.0. The first kappa shape index (κ1) is 28.3. The molecule has 4 aromatic rings. The lowest BCUT2D eigenvalue weighted by Gasteiger charge is -2.20. The second-order valence-electron chi connectivity index (χ2n) is 9.25. The number of aromatic nitrogens is 4. The lowest BCUT2D eigenvalue weighted by molar-refractivity contribution is -0.667. The zero-order valence-corrected chi connectivity index (χ0v) is 24.8. The summed E-state index contributed by atoms with van der Waals surface area (Å²) in [6.07, 6.45) is 15.5. The van der Waals surface area contributed by atoms with E-state index < -0.39 is 0 Å². The number of unbranched alkanes of at least 4 members (excludes halogenated alkanes) is 3. The number of allylic oxidation sites excluding steroid dienone is 2. The molecule has 0 bridgehead atoms. The minimum Gasteiger partial charge on any atom is -1.00 e. The topological polar surface area (TPSA) is 63.9 Å². The molecule has 0 radical (unpaired) electrons. The third-order valence-electron chi connectivity index (χ3n) is 6.76. The lowest BCUT2D eigenvalue weighted by Crippen LogP contribution is -3.00. The zero-order chi connectivity index (χ0) is 25.5. The van der Waals surface area contributed by atoms with Crippen molar-refractivity contribution in [3.63, 3.8) is 0 Å². The van der Waals surface area contributed by atoms with Crippen LogP contribution in [0, 0.1) is 0 Å². The van der Waals surface area contributed by atoms with Crippen LogP contribution in [0.3, 0.4) is 0 Å². The number of pyridine rings is 1. The second-order valence-corrected chi connectivity index (χ2v) is 10.3. The second kappa shape index (κ2) is 13.9. The number of nitrogens with zero attached hydrogens (tertiary/aromatic N) is 5. The molecule has 0 amide bonds. The van der Waals surface area contributed by atoms with Crippen molar-refractivity contribution in [3.8, 4) is 0 Å². The van der Waals surface area contributed by atoms with E-state index in [9.17, 15) is 0 Å². The first-order valence-electron chi connectivity index (χ1n) is 13.2. The molecule has 2 aromatic carbocycles. The molecule has 3 heterocycles. The number of thioether (sulfide) groups is 1. The summed E-state index contributed by atoms with van der Waals surface area (Å²) in [6.45, 7) is 5.52. The van der Waals surface area contributed by atoms with Crippen molar-refractivity contribution in [3.05, 3.63) is 95.4 Å². The highest BCUT2D eigenvalue weighted by Gasteiger charge is 2.23. The highest BCUT2D eigenvalue weighted by Crippen LogP contribution is 2.45. The molecule has 38 heavy (non-hydrogen) atoms. The number of hydrogen-bond donors (Lipinski definition) is 1. The number of benzene rings is 2. The Morgan fingerprint density at radius 3 is 2.58 bits per heavy atom. The molecule has 6 nitrogen and oxygen atoms in total. The van der Waals surface area contributed by atoms with Gasteiger partial charge in [0, 0.05) is 42.9 Å². The van der Waals surface area contributed by atoms with Gasteiger partial charge in [-0.3, -0.25) is 4.68 Å². The molecule has 0 aliphatic carbocycles. The van der Waals surface area contributed by atoms with E-state index in [2.05, 4.69) is 106 Å². The summed E-state index contributed by atoms with van der Waals surface area (Å²) < 4.78 is 4.19. The van der Waals surface area contributed by atoms with Gasteiger partial charge in [0.05, 0.1) is 21.8 Å². The SMILES string of the molecule is CC[n+]1ccc(/C=C/C=C2\Sc3ccccc3N2CCCCCCn2cc(CN)nn2)c2ccccc21.[I-]. The van der Waals surface area contributed by atoms with E-state index in [1.54, 1.807) is 0 Å². The third-order valence-corrected chi connectivity index (χ3v) is 7.90. The summed E-state index contributed by atoms with van der Waals surface area (Å²) >= 11 is 1.86. The number of hydrogen-bond acceptors (Lipinski definition) is 5. The quantitative estimate of drug-likeness (QED) is 0.156. The minimum absolute atomic E-state index is 0. The van der Waals surface area contributed by atoms with E-state index in [0.717, 1.165) is 38.2 Å². The summed E-state index contributed by atoms with van der Waals surface area (Å²) in [4.78, 5) is 3.81. The van der Waals surface area contributed by atoms with Crippen molar-refractivity contribution in [1.29, 1.82) is 0 Å². The van der Waals surface area contributed by atoms with Gasteiger partial charge < -0.3 is 34.6 Å². The molecule has 0 saturated heterocycles. The summed E-state index contributed by atoms with van der Waals surface area (Å²) in [6, 6.07) is 19.6. The molecule has 2 aromatic heterocycles. The van der Waals surface area contributed by atoms with Crippen LogP contribution in [0.1, 0.15) is 43.9 Å². The lowest BCUT2D eigenvalue weighted by atomic mass is 10.1. The zero-order valence-electron chi connectivity index (χ0n) is 21.8. The van der Waals surface area contributed by atoms with Crippen molar-refractivity contribution in [2.24, 2.45) is 5.73 Å². The van der Waals surface area contributed by atoms with Gasteiger partial charge in [-0.1, -0.05) is 66.2 Å². The van der Waals surface area contributed by atoms with E-state index in [4.69, 9.17) is 5.73 Å². The monoisotopic (exact) mass is 638 g/mol. The van der Waals surface area contributed by atoms with Crippen LogP contribution in [0.4, 0.5) is 5.69 Å². The van der Waals surface area contributed by atoms with Crippen LogP contribution in [0.2, 0.25) is 0 Å². The Bertz CT molecular complexity index is 1410. The van der Waals surface area contributed by atoms with Gasteiger partial charge in [-0.2, -0.15) is 4.57 Å². The summed E-state index contributed by atoms with van der Waals surface area (Å²) in [7, 11) is 0. The molecule has 0 spiro atoms. The van der Waals surface area contributed by atoms with Crippen molar-refractivity contribution in [2.75, 3.05) is 11.4 Å². The van der Waals surface area contributed by atoms with Crippen molar-refractivity contribution in [2.45, 2.75) is 57.1 Å². The van der Waals surface area contributed by atoms with E-state index in [1.807, 2.05) is 22.6 Å². The number of rotatable bonds is 11. The highest BCUT2D eigenvalue weighted by atomic mass is 127. The Labute approximate surface area is 246 Å². The number of aryl methyl sites for hydroxylation is 2. The Hall–Kier alpha value is -2.69. The van der Waals surface area contributed by atoms with Crippen LogP contribution in [0.15, 0.2) is 89.1 Å². The van der Waals surface area contributed by atoms with E-state index in [0.29, 0.717) is 6.54 Å². The fourth-order valence-corrected chi connectivity index (χ4v) is 5.91. The molecule has 1 aliphatic heterocycles. The summed E-state index contributed by atoms with van der Waals surface area (Å²) in [5, 5.41) is 10.8. The molecule has 0 atom stereocenters. The van der Waals surface area contributed by atoms with Gasteiger partial charge in [0.1, 0.15) is 6.54 Å². The number of halogens is 1. The minimum atomic E-state index is 0. The van der Waals surface area contributed by atoms with Crippen molar-refractivity contribution in [1.82, 2.24) is 15.0 Å². The van der Waals surface area contributed by atoms with Gasteiger partial charge in [0.15, 0.2) is 6.20 Å². The van der Waals surface area contributed by atoms with Gasteiger partial charge in [-0.15, -0.1) is 5.10 Å². The number of anilines is 1. The molecule has 2 N–H and O–H groups in total. The molecule has 0 unspecified atom stereocenters. The van der Waals surface area contributed by atoms with Gasteiger partial charge >= 0.3 is 0 Å². The van der Waals surface area contributed by atoms with Crippen LogP contribution < -0.4 is 39.2 Å². The Balaban J connectivity index is 0.00000336. The highest BCUT2D eigenvalue weighted by molar-refractivity contribution is 8.03. The third kappa shape index (κ3) is 6.65. The van der Waals surface area contributed by atoms with E-state index >= 15 is 0 Å². The largest absolute Gasteiger partial charge is 1.00 e. The van der Waals surface area contributed by atoms with Gasteiger partial charge in [-0.25, -0.2) is 0 Å². The molecule has 5 rings (SSSR count). The molecule has 1 aliphatic rings. The predicted octanol–water partition coefficient (Wildman–Crippen LogP) is 2.93. The number of fused-ring (bicyclic) bond motifs is 2. The Morgan fingerprint density at radius 2 is 1.76 bits per heavy atom. The predicted molar refractivity (Wildman–Crippen MR) is 153 cm³/mol. The van der Waals surface area contributed by atoms with Crippen molar-refractivity contribution >= 4 is 34.4 Å². The van der Waals surface area contributed by atoms with Gasteiger partial charge in [0.25, 0.3) is 0 Å². The first-order chi connectivity index (χ1) is 18.3. The Kier molecular flexibility index (Phi) is 10.4. The molecular formula is C30H35IN6S. The Morgan fingerprint density at radius 1 is 0.974 bits per heavy atom.